The van der Waals surface area contributed by atoms with Crippen LogP contribution >= 0.6 is 0 Å². The average molecular weight is 474 g/mol. The van der Waals surface area contributed by atoms with E-state index in [9.17, 15) is 18.3 Å². The van der Waals surface area contributed by atoms with Crippen molar-refractivity contribution < 1.29 is 18.3 Å². The number of anilines is 1. The second kappa shape index (κ2) is 13.4. The average Bonchev–Trinajstić information content (AvgIpc) is 2.81. The van der Waals surface area contributed by atoms with Crippen LogP contribution in [0.3, 0.4) is 0 Å². The van der Waals surface area contributed by atoms with E-state index in [1.807, 2.05) is 12.1 Å². The largest absolute Gasteiger partial charge is 0.478 e. The van der Waals surface area contributed by atoms with E-state index >= 15 is 0 Å². The number of carboxylic acid groups (broad SMARTS) is 1. The molecule has 0 saturated heterocycles. The lowest BCUT2D eigenvalue weighted by Crippen LogP contribution is -2.12. The molecule has 2 aromatic carbocycles. The molecule has 0 aliphatic rings. The minimum Gasteiger partial charge on any atom is -0.478 e. The number of aromatic carboxylic acids is 1. The van der Waals surface area contributed by atoms with Gasteiger partial charge in [0.15, 0.2) is 9.84 Å². The van der Waals surface area contributed by atoms with E-state index in [0.717, 1.165) is 31.2 Å². The zero-order chi connectivity index (χ0) is 24.3. The molecule has 0 saturated carbocycles. The molecule has 0 fully saturated rings. The highest BCUT2D eigenvalue weighted by molar-refractivity contribution is 7.91. The Hall–Kier alpha value is -2.34. The van der Waals surface area contributed by atoms with Crippen LogP contribution in [0.15, 0.2) is 41.3 Å². The Bertz CT molecular complexity index is 1010. The number of benzene rings is 2. The highest BCUT2D eigenvalue weighted by Crippen LogP contribution is 2.37. The number of rotatable bonds is 15. The monoisotopic (exact) mass is 473 g/mol. The Morgan fingerprint density at radius 1 is 0.909 bits per heavy atom. The normalized spacial score (nSPS) is 11.5. The minimum atomic E-state index is -3.63. The van der Waals surface area contributed by atoms with E-state index in [0.29, 0.717) is 17.8 Å². The first-order chi connectivity index (χ1) is 15.8. The smallest absolute Gasteiger partial charge is 0.335 e. The summed E-state index contributed by atoms with van der Waals surface area (Å²) in [5.41, 5.74) is 3.09. The molecule has 0 aliphatic heterocycles. The first kappa shape index (κ1) is 26.9. The summed E-state index contributed by atoms with van der Waals surface area (Å²) in [5, 5.41) is 12.9. The number of aryl methyl sites for hydroxylation is 1. The summed E-state index contributed by atoms with van der Waals surface area (Å²) in [5.74, 6) is -1.22. The van der Waals surface area contributed by atoms with E-state index < -0.39 is 15.8 Å². The predicted molar refractivity (Wildman–Crippen MR) is 137 cm³/mol. The molecule has 5 nitrogen and oxygen atoms in total. The second-order valence-corrected chi connectivity index (χ2v) is 10.9. The highest BCUT2D eigenvalue weighted by Gasteiger charge is 2.24. The van der Waals surface area contributed by atoms with Gasteiger partial charge in [-0.15, -0.1) is 0 Å². The summed E-state index contributed by atoms with van der Waals surface area (Å²) in [4.78, 5) is 11.8. The van der Waals surface area contributed by atoms with Gasteiger partial charge in [0.05, 0.1) is 16.2 Å². The van der Waals surface area contributed by atoms with Crippen LogP contribution in [0.25, 0.3) is 11.1 Å². The molecular weight excluding hydrogens is 434 g/mol. The number of carbonyl (C=O) groups is 1. The third kappa shape index (κ3) is 7.88. The van der Waals surface area contributed by atoms with Crippen LogP contribution in [0.2, 0.25) is 0 Å². The number of sulfone groups is 1. The molecule has 0 aromatic heterocycles. The van der Waals surface area contributed by atoms with Crippen molar-refractivity contribution in [3.8, 4) is 11.1 Å². The first-order valence-electron chi connectivity index (χ1n) is 12.3. The van der Waals surface area contributed by atoms with Gasteiger partial charge in [-0.2, -0.15) is 0 Å². The standard InChI is InChI=1S/C27H39NO4S/c1-4-7-9-10-11-12-14-21-15-13-16-22(18-21)26-24(28-17-8-5-2)19-23(27(29)30)20-25(26)33(31,32)6-3/h13,15-16,18-20,28H,4-12,14,17H2,1-3H3,(H,29,30). The maximum Gasteiger partial charge on any atom is 0.335 e. The van der Waals surface area contributed by atoms with Gasteiger partial charge in [-0.1, -0.05) is 83.6 Å². The van der Waals surface area contributed by atoms with Gasteiger partial charge in [-0.25, -0.2) is 13.2 Å². The molecule has 0 bridgehead atoms. The summed E-state index contributed by atoms with van der Waals surface area (Å²) >= 11 is 0. The van der Waals surface area contributed by atoms with Crippen LogP contribution in [0, 0.1) is 0 Å². The Morgan fingerprint density at radius 3 is 2.27 bits per heavy atom. The van der Waals surface area contributed by atoms with Crippen LogP contribution < -0.4 is 5.32 Å². The maximum atomic E-state index is 13.0. The van der Waals surface area contributed by atoms with Crippen molar-refractivity contribution in [2.75, 3.05) is 17.6 Å². The number of carboxylic acids is 1. The number of hydrogen-bond donors (Lipinski definition) is 2. The minimum absolute atomic E-state index is 0.0204. The van der Waals surface area contributed by atoms with Crippen molar-refractivity contribution in [3.05, 3.63) is 47.5 Å². The third-order valence-electron chi connectivity index (χ3n) is 5.94. The fraction of sp³-hybridized carbons (Fsp3) is 0.519. The van der Waals surface area contributed by atoms with E-state index in [-0.39, 0.29) is 16.2 Å². The van der Waals surface area contributed by atoms with E-state index in [4.69, 9.17) is 0 Å². The van der Waals surface area contributed by atoms with Gasteiger partial charge in [-0.05, 0) is 42.5 Å². The Kier molecular flexibility index (Phi) is 10.9. The van der Waals surface area contributed by atoms with Crippen molar-refractivity contribution in [1.82, 2.24) is 0 Å². The zero-order valence-electron chi connectivity index (χ0n) is 20.3. The van der Waals surface area contributed by atoms with Gasteiger partial charge in [0, 0.05) is 17.8 Å². The van der Waals surface area contributed by atoms with Crippen LogP contribution in [-0.4, -0.2) is 31.8 Å². The topological polar surface area (TPSA) is 83.5 Å². The second-order valence-electron chi connectivity index (χ2n) is 8.60. The first-order valence-corrected chi connectivity index (χ1v) is 14.0. The van der Waals surface area contributed by atoms with Gasteiger partial charge in [0.2, 0.25) is 0 Å². The molecule has 33 heavy (non-hydrogen) atoms. The van der Waals surface area contributed by atoms with Crippen molar-refractivity contribution in [2.45, 2.75) is 83.5 Å². The quantitative estimate of drug-likeness (QED) is 0.273. The van der Waals surface area contributed by atoms with Crippen LogP contribution in [0.4, 0.5) is 5.69 Å². The van der Waals surface area contributed by atoms with Crippen molar-refractivity contribution in [2.24, 2.45) is 0 Å². The molecule has 182 valence electrons. The number of unbranched alkanes of at least 4 members (excludes halogenated alkanes) is 6. The fourth-order valence-corrected chi connectivity index (χ4v) is 5.12. The predicted octanol–water partition coefficient (Wildman–Crippen LogP) is 6.96. The van der Waals surface area contributed by atoms with E-state index in [1.54, 1.807) is 13.0 Å². The molecule has 0 spiro atoms. The summed E-state index contributed by atoms with van der Waals surface area (Å²) in [6, 6.07) is 10.9. The highest BCUT2D eigenvalue weighted by atomic mass is 32.2. The molecule has 0 radical (unpaired) electrons. The van der Waals surface area contributed by atoms with Gasteiger partial charge in [0.1, 0.15) is 0 Å². The summed E-state index contributed by atoms with van der Waals surface area (Å²) in [6.45, 7) is 6.53. The summed E-state index contributed by atoms with van der Waals surface area (Å²) in [6.07, 6.45) is 10.2. The Balaban J connectivity index is 2.47. The summed E-state index contributed by atoms with van der Waals surface area (Å²) < 4.78 is 26.0. The zero-order valence-corrected chi connectivity index (χ0v) is 21.1. The van der Waals surface area contributed by atoms with E-state index in [2.05, 4.69) is 31.3 Å². The molecular formula is C27H39NO4S. The van der Waals surface area contributed by atoms with Crippen LogP contribution in [-0.2, 0) is 16.3 Å². The maximum absolute atomic E-state index is 13.0. The van der Waals surface area contributed by atoms with E-state index in [1.165, 1.54) is 43.7 Å². The van der Waals surface area contributed by atoms with Gasteiger partial charge >= 0.3 is 5.97 Å². The molecule has 2 rings (SSSR count). The molecule has 2 aromatic rings. The van der Waals surface area contributed by atoms with Crippen molar-refractivity contribution in [1.29, 1.82) is 0 Å². The van der Waals surface area contributed by atoms with Gasteiger partial charge in [-0.3, -0.25) is 0 Å². The Morgan fingerprint density at radius 2 is 1.61 bits per heavy atom. The SMILES string of the molecule is CCCCCCCCc1cccc(-c2c(NCCCC)cc(C(=O)O)cc2S(=O)(=O)CC)c1. The molecule has 0 aliphatic carbocycles. The molecule has 0 heterocycles. The van der Waals surface area contributed by atoms with Crippen molar-refractivity contribution in [3.63, 3.8) is 0 Å². The fourth-order valence-electron chi connectivity index (χ4n) is 3.97. The van der Waals surface area contributed by atoms with Crippen LogP contribution in [0.5, 0.6) is 0 Å². The lowest BCUT2D eigenvalue weighted by molar-refractivity contribution is 0.0696. The van der Waals surface area contributed by atoms with Crippen molar-refractivity contribution >= 4 is 21.5 Å². The molecule has 0 amide bonds. The molecule has 0 unspecified atom stereocenters. The molecule has 6 heteroatoms. The lowest BCUT2D eigenvalue weighted by atomic mass is 9.97. The summed E-state index contributed by atoms with van der Waals surface area (Å²) in [7, 11) is -3.63. The molecule has 0 atom stereocenters. The lowest BCUT2D eigenvalue weighted by Gasteiger charge is -2.18. The van der Waals surface area contributed by atoms with Gasteiger partial charge < -0.3 is 10.4 Å². The number of hydrogen-bond acceptors (Lipinski definition) is 4. The number of nitrogens with one attached hydrogen (secondary N) is 1. The van der Waals surface area contributed by atoms with Gasteiger partial charge in [0.25, 0.3) is 0 Å². The third-order valence-corrected chi connectivity index (χ3v) is 7.70. The Labute approximate surface area is 199 Å². The van der Waals surface area contributed by atoms with Crippen LogP contribution in [0.1, 0.15) is 88.1 Å². The molecule has 2 N–H and O–H groups in total.